The first-order valence-corrected chi connectivity index (χ1v) is 11.2. The van der Waals surface area contributed by atoms with E-state index in [1.54, 1.807) is 24.3 Å². The maximum atomic E-state index is 13.1. The average molecular weight is 450 g/mol. The fourth-order valence-corrected chi connectivity index (χ4v) is 4.42. The lowest BCUT2D eigenvalue weighted by atomic mass is 10.1. The molecule has 0 spiro atoms. The molecular formula is C24H23N3O4S. The van der Waals surface area contributed by atoms with Crippen LogP contribution in [0.15, 0.2) is 83.8 Å². The second-order valence-corrected chi connectivity index (χ2v) is 8.94. The van der Waals surface area contributed by atoms with Crippen LogP contribution in [-0.2, 0) is 16.6 Å². The van der Waals surface area contributed by atoms with Crippen molar-refractivity contribution in [2.24, 2.45) is 0 Å². The standard InChI is InChI=1S/C24H23N3O4S/c1-26(22-10-6-7-11-23(22)31-2)32(29,30)21-14-12-20(13-15-21)24(28)27(17-16-25)18-19-8-4-3-5-9-19/h3-15H,17-18H2,1-2H3. The summed E-state index contributed by atoms with van der Waals surface area (Å²) >= 11 is 0. The number of sulfonamides is 1. The molecule has 0 radical (unpaired) electrons. The van der Waals surface area contributed by atoms with Crippen LogP contribution in [0.5, 0.6) is 5.75 Å². The fourth-order valence-electron chi connectivity index (χ4n) is 3.22. The fraction of sp³-hybridized carbons (Fsp3) is 0.167. The smallest absolute Gasteiger partial charge is 0.264 e. The van der Waals surface area contributed by atoms with Crippen LogP contribution in [0.25, 0.3) is 0 Å². The van der Waals surface area contributed by atoms with Gasteiger partial charge in [-0.2, -0.15) is 5.26 Å². The van der Waals surface area contributed by atoms with Crippen LogP contribution in [-0.4, -0.2) is 39.9 Å². The molecule has 7 nitrogen and oxygen atoms in total. The van der Waals surface area contributed by atoms with Gasteiger partial charge in [0.15, 0.2) is 0 Å². The molecule has 3 aromatic carbocycles. The highest BCUT2D eigenvalue weighted by molar-refractivity contribution is 7.92. The number of anilines is 1. The SMILES string of the molecule is COc1ccccc1N(C)S(=O)(=O)c1ccc(C(=O)N(CC#N)Cc2ccccc2)cc1. The molecule has 3 rings (SSSR count). The van der Waals surface area contributed by atoms with Gasteiger partial charge in [-0.25, -0.2) is 8.42 Å². The van der Waals surface area contributed by atoms with Gasteiger partial charge in [0.2, 0.25) is 0 Å². The summed E-state index contributed by atoms with van der Waals surface area (Å²) in [5.41, 5.74) is 1.60. The monoisotopic (exact) mass is 449 g/mol. The lowest BCUT2D eigenvalue weighted by Gasteiger charge is -2.22. The van der Waals surface area contributed by atoms with Gasteiger partial charge in [0, 0.05) is 19.2 Å². The van der Waals surface area contributed by atoms with E-state index >= 15 is 0 Å². The second kappa shape index (κ2) is 9.98. The number of benzene rings is 3. The molecule has 0 atom stereocenters. The molecular weight excluding hydrogens is 426 g/mol. The summed E-state index contributed by atoms with van der Waals surface area (Å²) in [5, 5.41) is 9.13. The number of ether oxygens (including phenoxy) is 1. The summed E-state index contributed by atoms with van der Waals surface area (Å²) < 4.78 is 32.6. The van der Waals surface area contributed by atoms with Gasteiger partial charge in [-0.15, -0.1) is 0 Å². The minimum Gasteiger partial charge on any atom is -0.495 e. The van der Waals surface area contributed by atoms with E-state index in [1.165, 1.54) is 43.3 Å². The van der Waals surface area contributed by atoms with E-state index < -0.39 is 10.0 Å². The Kier molecular flexibility index (Phi) is 7.13. The first-order chi connectivity index (χ1) is 15.4. The van der Waals surface area contributed by atoms with Gasteiger partial charge in [0.05, 0.1) is 23.8 Å². The van der Waals surface area contributed by atoms with E-state index in [-0.39, 0.29) is 23.9 Å². The molecule has 0 aliphatic rings. The Hall–Kier alpha value is -3.83. The molecule has 0 fully saturated rings. The van der Waals surface area contributed by atoms with Crippen molar-refractivity contribution < 1.29 is 17.9 Å². The van der Waals surface area contributed by atoms with Crippen molar-refractivity contribution in [1.29, 1.82) is 5.26 Å². The molecule has 0 aliphatic heterocycles. The molecule has 1 amide bonds. The van der Waals surface area contributed by atoms with E-state index in [2.05, 4.69) is 0 Å². The van der Waals surface area contributed by atoms with E-state index in [1.807, 2.05) is 36.4 Å². The first kappa shape index (κ1) is 22.8. The van der Waals surface area contributed by atoms with Crippen LogP contribution < -0.4 is 9.04 Å². The minimum atomic E-state index is -3.87. The number of methoxy groups -OCH3 is 1. The highest BCUT2D eigenvalue weighted by Gasteiger charge is 2.24. The first-order valence-electron chi connectivity index (χ1n) is 9.80. The molecule has 32 heavy (non-hydrogen) atoms. The topological polar surface area (TPSA) is 90.7 Å². The zero-order chi connectivity index (χ0) is 23.1. The molecule has 0 saturated carbocycles. The number of rotatable bonds is 8. The van der Waals surface area contributed by atoms with E-state index in [0.29, 0.717) is 17.0 Å². The summed E-state index contributed by atoms with van der Waals surface area (Å²) in [6.07, 6.45) is 0. The van der Waals surface area contributed by atoms with Gasteiger partial charge in [-0.05, 0) is 42.0 Å². The Morgan fingerprint density at radius 2 is 1.59 bits per heavy atom. The minimum absolute atomic E-state index is 0.0392. The number of para-hydroxylation sites is 2. The second-order valence-electron chi connectivity index (χ2n) is 6.97. The molecule has 0 bridgehead atoms. The summed E-state index contributed by atoms with van der Waals surface area (Å²) in [7, 11) is -0.950. The molecule has 0 unspecified atom stereocenters. The molecule has 0 saturated heterocycles. The highest BCUT2D eigenvalue weighted by Crippen LogP contribution is 2.31. The van der Waals surface area contributed by atoms with Crippen LogP contribution in [0.4, 0.5) is 5.69 Å². The summed E-state index contributed by atoms with van der Waals surface area (Å²) in [4.78, 5) is 14.4. The van der Waals surface area contributed by atoms with E-state index in [9.17, 15) is 13.2 Å². The molecule has 0 aliphatic carbocycles. The van der Waals surface area contributed by atoms with E-state index in [0.717, 1.165) is 9.87 Å². The van der Waals surface area contributed by atoms with Gasteiger partial charge < -0.3 is 9.64 Å². The third-order valence-corrected chi connectivity index (χ3v) is 6.73. The van der Waals surface area contributed by atoms with Crippen LogP contribution in [0.2, 0.25) is 0 Å². The number of carbonyl (C=O) groups is 1. The molecule has 164 valence electrons. The Labute approximate surface area is 188 Å². The number of nitriles is 1. The Bertz CT molecular complexity index is 1220. The Morgan fingerprint density at radius 3 is 2.22 bits per heavy atom. The lowest BCUT2D eigenvalue weighted by Crippen LogP contribution is -2.31. The Balaban J connectivity index is 1.84. The van der Waals surface area contributed by atoms with Crippen molar-refractivity contribution in [3.8, 4) is 11.8 Å². The van der Waals surface area contributed by atoms with Crippen molar-refractivity contribution in [2.75, 3.05) is 25.0 Å². The summed E-state index contributed by atoms with van der Waals surface area (Å²) in [6.45, 7) is 0.203. The van der Waals surface area contributed by atoms with Crippen LogP contribution in [0.1, 0.15) is 15.9 Å². The van der Waals surface area contributed by atoms with Crippen molar-refractivity contribution in [3.05, 3.63) is 90.0 Å². The van der Waals surface area contributed by atoms with E-state index in [4.69, 9.17) is 10.00 Å². The number of nitrogens with zero attached hydrogens (tertiary/aromatic N) is 3. The molecule has 3 aromatic rings. The molecule has 0 heterocycles. The third-order valence-electron chi connectivity index (χ3n) is 4.95. The maximum Gasteiger partial charge on any atom is 0.264 e. The third kappa shape index (κ3) is 4.90. The number of hydrogen-bond donors (Lipinski definition) is 0. The predicted octanol–water partition coefficient (Wildman–Crippen LogP) is 3.69. The molecule has 0 aromatic heterocycles. The van der Waals surface area contributed by atoms with Crippen LogP contribution >= 0.6 is 0 Å². The van der Waals surface area contributed by atoms with Crippen LogP contribution in [0.3, 0.4) is 0 Å². The highest BCUT2D eigenvalue weighted by atomic mass is 32.2. The average Bonchev–Trinajstić information content (AvgIpc) is 2.83. The molecule has 0 N–H and O–H groups in total. The normalized spacial score (nSPS) is 10.8. The number of hydrogen-bond acceptors (Lipinski definition) is 5. The maximum absolute atomic E-state index is 13.1. The van der Waals surface area contributed by atoms with Crippen molar-refractivity contribution in [3.63, 3.8) is 0 Å². The quantitative estimate of drug-likeness (QED) is 0.489. The van der Waals surface area contributed by atoms with Gasteiger partial charge in [0.1, 0.15) is 12.3 Å². The zero-order valence-corrected chi connectivity index (χ0v) is 18.6. The largest absolute Gasteiger partial charge is 0.495 e. The van der Waals surface area contributed by atoms with Gasteiger partial charge in [0.25, 0.3) is 15.9 Å². The lowest BCUT2D eigenvalue weighted by molar-refractivity contribution is 0.0765. The zero-order valence-electron chi connectivity index (χ0n) is 17.8. The Morgan fingerprint density at radius 1 is 0.969 bits per heavy atom. The van der Waals surface area contributed by atoms with Crippen molar-refractivity contribution in [1.82, 2.24) is 4.90 Å². The predicted molar refractivity (Wildman–Crippen MR) is 122 cm³/mol. The van der Waals surface area contributed by atoms with Crippen LogP contribution in [0, 0.1) is 11.3 Å². The van der Waals surface area contributed by atoms with Gasteiger partial charge in [-0.1, -0.05) is 42.5 Å². The van der Waals surface area contributed by atoms with Gasteiger partial charge >= 0.3 is 0 Å². The number of carbonyl (C=O) groups excluding carboxylic acids is 1. The van der Waals surface area contributed by atoms with Crippen molar-refractivity contribution in [2.45, 2.75) is 11.4 Å². The summed E-state index contributed by atoms with van der Waals surface area (Å²) in [6, 6.07) is 23.9. The number of amides is 1. The van der Waals surface area contributed by atoms with Gasteiger partial charge in [-0.3, -0.25) is 9.10 Å². The summed E-state index contributed by atoms with van der Waals surface area (Å²) in [5.74, 6) is 0.0795. The molecule has 8 heteroatoms. The van der Waals surface area contributed by atoms with Crippen molar-refractivity contribution >= 4 is 21.6 Å².